The summed E-state index contributed by atoms with van der Waals surface area (Å²) in [7, 11) is 1.74. The van der Waals surface area contributed by atoms with Crippen LogP contribution in [0.2, 0.25) is 9.73 Å². The molecule has 199 valence electrons. The van der Waals surface area contributed by atoms with Gasteiger partial charge in [0.25, 0.3) is 0 Å². The molecule has 1 aliphatic heterocycles. The predicted octanol–water partition coefficient (Wildman–Crippen LogP) is 2.87. The fourth-order valence-electron chi connectivity index (χ4n) is 4.83. The summed E-state index contributed by atoms with van der Waals surface area (Å²) in [6.07, 6.45) is 9.02. The summed E-state index contributed by atoms with van der Waals surface area (Å²) < 4.78 is 18.1. The number of nitrogens with zero attached hydrogens (tertiary/aromatic N) is 3. The van der Waals surface area contributed by atoms with Crippen LogP contribution in [0.15, 0.2) is 23.3 Å². The quantitative estimate of drug-likeness (QED) is 0.405. The second-order valence-electron chi connectivity index (χ2n) is 9.89. The van der Waals surface area contributed by atoms with Gasteiger partial charge in [-0.05, 0) is 0 Å². The third-order valence-electron chi connectivity index (χ3n) is 6.99. The summed E-state index contributed by atoms with van der Waals surface area (Å²) in [6, 6.07) is 5.24. The number of hydrogen-bond acceptors (Lipinski definition) is 8. The van der Waals surface area contributed by atoms with Gasteiger partial charge in [-0.3, -0.25) is 0 Å². The van der Waals surface area contributed by atoms with Crippen molar-refractivity contribution in [3.05, 3.63) is 33.8 Å². The van der Waals surface area contributed by atoms with Crippen LogP contribution in [0, 0.1) is 16.7 Å². The maximum absolute atomic E-state index is 12.4. The van der Waals surface area contributed by atoms with Gasteiger partial charge in [0.05, 0.1) is 0 Å². The average Bonchev–Trinajstić information content (AvgIpc) is 2.91. The van der Waals surface area contributed by atoms with Crippen LogP contribution in [0.25, 0.3) is 11.3 Å². The number of H-pyrrole nitrogens is 1. The molecule has 11 heteroatoms. The molecule has 9 nitrogen and oxygen atoms in total. The minimum absolute atomic E-state index is 0.0603. The third-order valence-corrected chi connectivity index (χ3v) is 10.2. The second kappa shape index (κ2) is 13.2. The first-order valence-corrected chi connectivity index (χ1v) is 15.1. The Hall–Kier alpha value is -1.95. The van der Waals surface area contributed by atoms with E-state index in [9.17, 15) is 10.1 Å². The molecule has 4 rings (SSSR count). The van der Waals surface area contributed by atoms with Gasteiger partial charge in [0.2, 0.25) is 0 Å². The Kier molecular flexibility index (Phi) is 10.0. The summed E-state index contributed by atoms with van der Waals surface area (Å²) in [4.78, 5) is 24.2. The molecule has 2 fully saturated rings. The number of halogens is 1. The molecule has 0 amide bonds. The molecule has 1 radical (unpaired) electrons. The number of hydrogen-bond donors (Lipinski definition) is 2. The van der Waals surface area contributed by atoms with Crippen molar-refractivity contribution in [2.24, 2.45) is 5.41 Å². The monoisotopic (exact) mass is 590 g/mol. The van der Waals surface area contributed by atoms with Crippen molar-refractivity contribution >= 4 is 31.8 Å². The van der Waals surface area contributed by atoms with Crippen LogP contribution in [0.4, 0.5) is 0 Å². The van der Waals surface area contributed by atoms with Crippen molar-refractivity contribution in [1.82, 2.24) is 20.3 Å². The van der Waals surface area contributed by atoms with Crippen molar-refractivity contribution in [3.63, 3.8) is 0 Å². The van der Waals surface area contributed by atoms with Gasteiger partial charge in [-0.25, -0.2) is 0 Å². The minimum atomic E-state index is -0.677. The molecule has 0 spiro atoms. The van der Waals surface area contributed by atoms with Gasteiger partial charge < -0.3 is 0 Å². The van der Waals surface area contributed by atoms with Crippen molar-refractivity contribution in [2.75, 3.05) is 33.5 Å². The number of rotatable bonds is 10. The molecule has 1 saturated heterocycles. The van der Waals surface area contributed by atoms with Crippen molar-refractivity contribution < 1.29 is 14.2 Å². The van der Waals surface area contributed by atoms with E-state index in [4.69, 9.17) is 25.8 Å². The van der Waals surface area contributed by atoms with Gasteiger partial charge in [0.15, 0.2) is 0 Å². The van der Waals surface area contributed by atoms with Crippen molar-refractivity contribution in [2.45, 2.75) is 62.2 Å². The summed E-state index contributed by atoms with van der Waals surface area (Å²) >= 11 is 6.37. The van der Waals surface area contributed by atoms with E-state index in [-0.39, 0.29) is 28.2 Å². The van der Waals surface area contributed by atoms with Gasteiger partial charge in [-0.15, -0.1) is 0 Å². The third kappa shape index (κ3) is 7.55. The summed E-state index contributed by atoms with van der Waals surface area (Å²) in [5, 5.41) is 13.8. The molecule has 2 aromatic rings. The van der Waals surface area contributed by atoms with Gasteiger partial charge in [0.1, 0.15) is 0 Å². The molecule has 2 aliphatic rings. The Balaban J connectivity index is 1.41. The molecule has 1 aliphatic carbocycles. The van der Waals surface area contributed by atoms with Crippen LogP contribution in [0.5, 0.6) is 5.88 Å². The van der Waals surface area contributed by atoms with Gasteiger partial charge in [-0.1, -0.05) is 0 Å². The zero-order chi connectivity index (χ0) is 26.3. The molecular formula is C26H34AsClN5O4. The van der Waals surface area contributed by atoms with E-state index in [1.807, 2.05) is 6.07 Å². The molecule has 37 heavy (non-hydrogen) atoms. The number of pyridine rings is 1. The van der Waals surface area contributed by atoms with E-state index >= 15 is 0 Å². The number of aromatic amines is 1. The first-order valence-electron chi connectivity index (χ1n) is 12.7. The normalized spacial score (nSPS) is 22.5. The van der Waals surface area contributed by atoms with Gasteiger partial charge in [0, 0.05) is 0 Å². The summed E-state index contributed by atoms with van der Waals surface area (Å²) in [6.45, 7) is 3.99. The average molecular weight is 591 g/mol. The Morgan fingerprint density at radius 1 is 1.35 bits per heavy atom. The number of ether oxygens (including phenoxy) is 3. The Bertz CT molecular complexity index is 1140. The van der Waals surface area contributed by atoms with Crippen LogP contribution >= 0.6 is 11.6 Å². The number of aromatic nitrogens is 3. The van der Waals surface area contributed by atoms with E-state index < -0.39 is 11.0 Å². The fraction of sp³-hybridized carbons (Fsp3) is 0.615. The fourth-order valence-corrected chi connectivity index (χ4v) is 7.68. The van der Waals surface area contributed by atoms with E-state index in [2.05, 4.69) is 33.3 Å². The zero-order valence-electron chi connectivity index (χ0n) is 21.3. The molecule has 2 N–H and O–H groups in total. The van der Waals surface area contributed by atoms with Gasteiger partial charge >= 0.3 is 230 Å². The van der Waals surface area contributed by atoms with E-state index in [0.29, 0.717) is 59.1 Å². The standard InChI is InChI=1S/C26H34AsClN5O4/c1-17(14-35-2)32-19-5-3-18(4-6-19)27-23-11-20(21(28)12-30-23)22-13-31-24(34)25(33-22)37-16-26(15-29)7-9-36-10-8-26/h11-13,17-19,32H,3-10,14,16H2,1-2H3,(H,31,34). The molecule has 2 aromatic heterocycles. The van der Waals surface area contributed by atoms with Crippen LogP contribution < -0.4 is 20.1 Å². The maximum atomic E-state index is 12.4. The molecule has 0 aromatic carbocycles. The van der Waals surface area contributed by atoms with Crippen LogP contribution in [-0.2, 0) is 9.47 Å². The Morgan fingerprint density at radius 2 is 2.11 bits per heavy atom. The molecule has 1 saturated carbocycles. The van der Waals surface area contributed by atoms with Crippen molar-refractivity contribution in [1.29, 1.82) is 5.26 Å². The van der Waals surface area contributed by atoms with Crippen LogP contribution in [0.3, 0.4) is 0 Å². The van der Waals surface area contributed by atoms with E-state index in [0.717, 1.165) is 23.9 Å². The van der Waals surface area contributed by atoms with E-state index in [1.165, 1.54) is 12.8 Å². The first kappa shape index (κ1) is 28.1. The molecular weight excluding hydrogens is 557 g/mol. The predicted molar refractivity (Wildman–Crippen MR) is 143 cm³/mol. The summed E-state index contributed by atoms with van der Waals surface area (Å²) in [5.41, 5.74) is 0.116. The first-order chi connectivity index (χ1) is 17.9. The molecule has 3 heterocycles. The van der Waals surface area contributed by atoms with Crippen LogP contribution in [0.1, 0.15) is 45.4 Å². The van der Waals surface area contributed by atoms with Crippen LogP contribution in [-0.4, -0.2) is 76.3 Å². The topological polar surface area (TPSA) is 122 Å². The van der Waals surface area contributed by atoms with Crippen molar-refractivity contribution in [3.8, 4) is 23.2 Å². The van der Waals surface area contributed by atoms with Gasteiger partial charge in [-0.2, -0.15) is 0 Å². The SMILES string of the molecule is COCC(C)NC1CCC([As]c2cc(-c3c[nH]c(=O)c(OCC4(C#N)CCOCC4)n3)c(Cl)cn2)CC1. The second-order valence-corrected chi connectivity index (χ2v) is 13.3. The Morgan fingerprint density at radius 3 is 2.81 bits per heavy atom. The number of methoxy groups -OCH3 is 1. The Labute approximate surface area is 229 Å². The molecule has 1 unspecified atom stereocenters. The number of nitriles is 1. The zero-order valence-corrected chi connectivity index (χ0v) is 24.0. The van der Waals surface area contributed by atoms with E-state index in [1.54, 1.807) is 19.5 Å². The number of nitrogens with one attached hydrogen (secondary N) is 2. The molecule has 1 atom stereocenters. The molecule has 0 bridgehead atoms. The summed E-state index contributed by atoms with van der Waals surface area (Å²) in [5.74, 6) is -0.0603.